The fourth-order valence-electron chi connectivity index (χ4n) is 1.43. The van der Waals surface area contributed by atoms with Gasteiger partial charge in [0.05, 0.1) is 10.4 Å². The predicted molar refractivity (Wildman–Crippen MR) is 50.8 cm³/mol. The Morgan fingerprint density at radius 3 is 2.92 bits per heavy atom. The topological polar surface area (TPSA) is 40.5 Å². The maximum absolute atomic E-state index is 10.8. The summed E-state index contributed by atoms with van der Waals surface area (Å²) in [4.78, 5) is 14.1. The monoisotopic (exact) mass is 201 g/mol. The average Bonchev–Trinajstić information content (AvgIpc) is 2.22. The average molecular weight is 201 g/mol. The second-order valence-corrected chi connectivity index (χ2v) is 4.61. The summed E-state index contributed by atoms with van der Waals surface area (Å²) in [6.07, 6.45) is 0.841. The molecular weight excluding hydrogens is 194 g/mol. The molecule has 0 radical (unpaired) electrons. The van der Waals surface area contributed by atoms with Gasteiger partial charge in [-0.05, 0) is 6.92 Å². The number of allylic oxidation sites excluding steroid dienone is 1. The zero-order chi connectivity index (χ0) is 8.88. The first-order valence-electron chi connectivity index (χ1n) is 3.54. The number of rotatable bonds is 1. The number of nitrogens with zero attached hydrogens (tertiary/aromatic N) is 1. The highest BCUT2D eigenvalue weighted by Crippen LogP contribution is 2.46. The molecule has 1 fully saturated rings. The lowest BCUT2D eigenvalue weighted by Crippen LogP contribution is -2.47. The highest BCUT2D eigenvalue weighted by atomic mass is 32.2. The Morgan fingerprint density at radius 2 is 2.50 bits per heavy atom. The summed E-state index contributed by atoms with van der Waals surface area (Å²) in [7, 11) is 0. The minimum Gasteiger partial charge on any atom is -0.477 e. The van der Waals surface area contributed by atoms with Crippen LogP contribution in [0.25, 0.3) is 0 Å². The summed E-state index contributed by atoms with van der Waals surface area (Å²) in [6.45, 7) is 1.83. The molecule has 1 saturated heterocycles. The van der Waals surface area contributed by atoms with Crippen LogP contribution in [0.3, 0.4) is 0 Å². The van der Waals surface area contributed by atoms with Crippen LogP contribution in [0.2, 0.25) is 0 Å². The molecule has 12 heavy (non-hydrogen) atoms. The van der Waals surface area contributed by atoms with Gasteiger partial charge in [0.25, 0.3) is 0 Å². The van der Waals surface area contributed by atoms with E-state index in [-0.39, 0.29) is 5.37 Å². The molecule has 0 saturated carbocycles. The Hall–Kier alpha value is -0.550. The SMILES string of the molecule is CC1=C(C(=O)O)N2C(=S)C[C@@H]2S1. The first-order chi connectivity index (χ1) is 5.61. The summed E-state index contributed by atoms with van der Waals surface area (Å²) in [5.41, 5.74) is 0.376. The standard InChI is InChI=1S/C7H7NO2S2/c1-3-6(7(9)10)8-4(11)2-5(8)12-3/h5H,2H2,1H3,(H,9,10)/t5-/m0/s1. The van der Waals surface area contributed by atoms with Crippen molar-refractivity contribution in [3.8, 4) is 0 Å². The van der Waals surface area contributed by atoms with E-state index in [2.05, 4.69) is 0 Å². The van der Waals surface area contributed by atoms with Crippen molar-refractivity contribution in [3.05, 3.63) is 10.6 Å². The third-order valence-electron chi connectivity index (χ3n) is 2.00. The van der Waals surface area contributed by atoms with Crippen LogP contribution in [0, 0.1) is 0 Å². The molecule has 5 heteroatoms. The van der Waals surface area contributed by atoms with Crippen molar-refractivity contribution in [1.82, 2.24) is 4.90 Å². The van der Waals surface area contributed by atoms with Gasteiger partial charge in [-0.1, -0.05) is 12.2 Å². The summed E-state index contributed by atoms with van der Waals surface area (Å²) in [5.74, 6) is -0.871. The van der Waals surface area contributed by atoms with Crippen molar-refractivity contribution >= 4 is 34.9 Å². The highest BCUT2D eigenvalue weighted by Gasteiger charge is 2.44. The lowest BCUT2D eigenvalue weighted by atomic mass is 10.2. The van der Waals surface area contributed by atoms with Crippen LogP contribution in [0.4, 0.5) is 0 Å². The third-order valence-corrected chi connectivity index (χ3v) is 3.56. The lowest BCUT2D eigenvalue weighted by Gasteiger charge is -2.37. The van der Waals surface area contributed by atoms with Crippen LogP contribution >= 0.6 is 24.0 Å². The predicted octanol–water partition coefficient (Wildman–Crippen LogP) is 1.41. The molecule has 0 amide bonds. The first kappa shape index (κ1) is 8.07. The highest BCUT2D eigenvalue weighted by molar-refractivity contribution is 8.04. The van der Waals surface area contributed by atoms with Gasteiger partial charge in [-0.15, -0.1) is 11.8 Å². The van der Waals surface area contributed by atoms with Crippen molar-refractivity contribution in [2.24, 2.45) is 0 Å². The fraction of sp³-hybridized carbons (Fsp3) is 0.429. The zero-order valence-electron chi connectivity index (χ0n) is 6.40. The molecule has 1 N–H and O–H groups in total. The molecular formula is C7H7NO2S2. The van der Waals surface area contributed by atoms with E-state index in [0.717, 1.165) is 16.3 Å². The number of carbonyl (C=O) groups is 1. The third kappa shape index (κ3) is 0.895. The summed E-state index contributed by atoms with van der Waals surface area (Å²) in [6, 6.07) is 0. The van der Waals surface area contributed by atoms with Crippen LogP contribution < -0.4 is 0 Å². The minimum atomic E-state index is -0.871. The van der Waals surface area contributed by atoms with E-state index >= 15 is 0 Å². The number of carboxylic acids is 1. The Morgan fingerprint density at radius 1 is 1.83 bits per heavy atom. The number of carboxylic acid groups (broad SMARTS) is 1. The van der Waals surface area contributed by atoms with Crippen molar-refractivity contribution in [2.45, 2.75) is 18.7 Å². The number of thiocarbonyl (C=S) groups is 1. The van der Waals surface area contributed by atoms with Crippen molar-refractivity contribution in [3.63, 3.8) is 0 Å². The van der Waals surface area contributed by atoms with E-state index in [4.69, 9.17) is 17.3 Å². The van der Waals surface area contributed by atoms with Crippen molar-refractivity contribution in [2.75, 3.05) is 0 Å². The quantitative estimate of drug-likeness (QED) is 0.649. The van der Waals surface area contributed by atoms with Crippen LogP contribution in [0.15, 0.2) is 10.6 Å². The van der Waals surface area contributed by atoms with E-state index in [0.29, 0.717) is 5.70 Å². The normalized spacial score (nSPS) is 27.2. The second kappa shape index (κ2) is 2.47. The number of hydrogen-bond acceptors (Lipinski definition) is 3. The molecule has 0 aromatic heterocycles. The second-order valence-electron chi connectivity index (χ2n) is 2.75. The van der Waals surface area contributed by atoms with E-state index in [1.165, 1.54) is 0 Å². The summed E-state index contributed by atoms with van der Waals surface area (Å²) >= 11 is 6.58. The van der Waals surface area contributed by atoms with Gasteiger partial charge in [-0.2, -0.15) is 0 Å². The van der Waals surface area contributed by atoms with Gasteiger partial charge in [0.1, 0.15) is 5.70 Å². The van der Waals surface area contributed by atoms with Crippen LogP contribution in [0.5, 0.6) is 0 Å². The molecule has 2 aliphatic rings. The molecule has 0 bridgehead atoms. The number of aliphatic carboxylic acids is 1. The largest absolute Gasteiger partial charge is 0.477 e. The fourth-order valence-corrected chi connectivity index (χ4v) is 3.27. The van der Waals surface area contributed by atoms with Crippen LogP contribution in [-0.4, -0.2) is 26.3 Å². The number of fused-ring (bicyclic) bond motifs is 1. The van der Waals surface area contributed by atoms with Gasteiger partial charge < -0.3 is 10.0 Å². The zero-order valence-corrected chi connectivity index (χ0v) is 8.04. The van der Waals surface area contributed by atoms with Crippen molar-refractivity contribution in [1.29, 1.82) is 0 Å². The minimum absolute atomic E-state index is 0.267. The molecule has 1 atom stereocenters. The Balaban J connectivity index is 2.34. The molecule has 3 nitrogen and oxygen atoms in total. The lowest BCUT2D eigenvalue weighted by molar-refractivity contribution is -0.134. The van der Waals surface area contributed by atoms with Crippen LogP contribution in [0.1, 0.15) is 13.3 Å². The van der Waals surface area contributed by atoms with Gasteiger partial charge >= 0.3 is 5.97 Å². The van der Waals surface area contributed by atoms with E-state index in [1.807, 2.05) is 6.92 Å². The van der Waals surface area contributed by atoms with Crippen LogP contribution in [-0.2, 0) is 4.79 Å². The molecule has 2 aliphatic heterocycles. The Labute approximate surface area is 79.4 Å². The first-order valence-corrected chi connectivity index (χ1v) is 4.83. The van der Waals surface area contributed by atoms with Gasteiger partial charge in [-0.3, -0.25) is 0 Å². The van der Waals surface area contributed by atoms with Gasteiger partial charge in [0, 0.05) is 11.3 Å². The Bertz CT molecular complexity index is 311. The molecule has 0 spiro atoms. The van der Waals surface area contributed by atoms with Gasteiger partial charge in [0.15, 0.2) is 0 Å². The smallest absolute Gasteiger partial charge is 0.353 e. The number of thioether (sulfide) groups is 1. The van der Waals surface area contributed by atoms with E-state index in [9.17, 15) is 4.79 Å². The maximum atomic E-state index is 10.8. The molecule has 64 valence electrons. The van der Waals surface area contributed by atoms with Crippen molar-refractivity contribution < 1.29 is 9.90 Å². The summed E-state index contributed by atoms with van der Waals surface area (Å²) < 4.78 is 0. The summed E-state index contributed by atoms with van der Waals surface area (Å²) in [5, 5.41) is 9.12. The molecule has 0 aliphatic carbocycles. The number of hydrogen-bond donors (Lipinski definition) is 1. The molecule has 2 rings (SSSR count). The molecule has 0 aromatic carbocycles. The maximum Gasteiger partial charge on any atom is 0.353 e. The van der Waals surface area contributed by atoms with E-state index < -0.39 is 5.97 Å². The molecule has 2 heterocycles. The molecule has 0 unspecified atom stereocenters. The van der Waals surface area contributed by atoms with E-state index in [1.54, 1.807) is 16.7 Å². The Kier molecular flexibility index (Phi) is 1.66. The van der Waals surface area contributed by atoms with Gasteiger partial charge in [0.2, 0.25) is 0 Å². The molecule has 0 aromatic rings. The van der Waals surface area contributed by atoms with Gasteiger partial charge in [-0.25, -0.2) is 4.79 Å².